The summed E-state index contributed by atoms with van der Waals surface area (Å²) in [7, 11) is 1.61. The molecule has 1 amide bonds. The molecule has 1 heterocycles. The van der Waals surface area contributed by atoms with Crippen LogP contribution in [-0.2, 0) is 4.79 Å². The summed E-state index contributed by atoms with van der Waals surface area (Å²) in [6.07, 6.45) is 0. The molecule has 0 aliphatic carbocycles. The first-order valence-corrected chi connectivity index (χ1v) is 10.1. The summed E-state index contributed by atoms with van der Waals surface area (Å²) < 4.78 is 6.48. The van der Waals surface area contributed by atoms with Gasteiger partial charge in [-0.3, -0.25) is 4.79 Å². The Kier molecular flexibility index (Phi) is 6.91. The molecule has 30 heavy (non-hydrogen) atoms. The molecule has 4 N–H and O–H groups in total. The summed E-state index contributed by atoms with van der Waals surface area (Å²) in [6.45, 7) is 3.79. The van der Waals surface area contributed by atoms with Gasteiger partial charge in [-0.05, 0) is 37.6 Å². The van der Waals surface area contributed by atoms with Crippen LogP contribution < -0.4 is 21.3 Å². The van der Waals surface area contributed by atoms with Crippen LogP contribution in [0.25, 0.3) is 0 Å². The molecule has 9 nitrogen and oxygen atoms in total. The fraction of sp³-hybridized carbons (Fsp3) is 0.200. The van der Waals surface area contributed by atoms with E-state index >= 15 is 0 Å². The molecule has 0 bridgehead atoms. The number of rotatable bonds is 8. The van der Waals surface area contributed by atoms with Gasteiger partial charge in [0.05, 0.1) is 18.6 Å². The molecule has 0 saturated carbocycles. The number of anilines is 2. The van der Waals surface area contributed by atoms with Crippen molar-refractivity contribution < 1.29 is 9.53 Å². The average molecular weight is 426 g/mol. The monoisotopic (exact) mass is 425 g/mol. The molecule has 0 atom stereocenters. The van der Waals surface area contributed by atoms with Crippen LogP contribution in [0.5, 0.6) is 5.75 Å². The SMILES string of the molecule is COc1cccc(/C(C)=N/Nc2nnc(SCC(=O)Nc3ccccc3C)n2N)c1. The first-order valence-electron chi connectivity index (χ1n) is 9.11. The van der Waals surface area contributed by atoms with E-state index in [0.717, 1.165) is 28.3 Å². The highest BCUT2D eigenvalue weighted by atomic mass is 32.2. The zero-order valence-electron chi connectivity index (χ0n) is 16.9. The molecule has 0 unspecified atom stereocenters. The molecule has 3 aromatic rings. The molecular weight excluding hydrogens is 402 g/mol. The maximum absolute atomic E-state index is 12.2. The second-order valence-electron chi connectivity index (χ2n) is 6.37. The van der Waals surface area contributed by atoms with Crippen LogP contribution in [0.4, 0.5) is 11.6 Å². The highest BCUT2D eigenvalue weighted by molar-refractivity contribution is 7.99. The predicted octanol–water partition coefficient (Wildman–Crippen LogP) is 2.88. The van der Waals surface area contributed by atoms with Crippen LogP contribution in [0.15, 0.2) is 58.8 Å². The molecule has 0 radical (unpaired) electrons. The summed E-state index contributed by atoms with van der Waals surface area (Å²) in [5.74, 6) is 7.02. The molecule has 3 rings (SSSR count). The lowest BCUT2D eigenvalue weighted by Crippen LogP contribution is -2.17. The number of aryl methyl sites for hydroxylation is 1. The summed E-state index contributed by atoms with van der Waals surface area (Å²) >= 11 is 1.18. The Morgan fingerprint density at radius 2 is 2.03 bits per heavy atom. The number of hydrogen-bond donors (Lipinski definition) is 3. The van der Waals surface area contributed by atoms with Crippen molar-refractivity contribution in [1.29, 1.82) is 0 Å². The molecule has 0 aliphatic heterocycles. The van der Waals surface area contributed by atoms with E-state index in [9.17, 15) is 4.79 Å². The first-order chi connectivity index (χ1) is 14.5. The quantitative estimate of drug-likeness (QED) is 0.220. The third-order valence-electron chi connectivity index (χ3n) is 4.23. The average Bonchev–Trinajstić information content (AvgIpc) is 3.11. The molecule has 156 valence electrons. The zero-order chi connectivity index (χ0) is 21.5. The van der Waals surface area contributed by atoms with Gasteiger partial charge in [-0.1, -0.05) is 42.1 Å². The number of para-hydroxylation sites is 1. The number of benzene rings is 2. The van der Waals surface area contributed by atoms with Crippen molar-refractivity contribution in [3.63, 3.8) is 0 Å². The molecule has 0 spiro atoms. The third-order valence-corrected chi connectivity index (χ3v) is 5.17. The normalized spacial score (nSPS) is 11.2. The number of hydrogen-bond acceptors (Lipinski definition) is 8. The fourth-order valence-electron chi connectivity index (χ4n) is 2.53. The number of hydrazone groups is 1. The highest BCUT2D eigenvalue weighted by Crippen LogP contribution is 2.19. The van der Waals surface area contributed by atoms with E-state index in [1.165, 1.54) is 16.4 Å². The Morgan fingerprint density at radius 3 is 2.80 bits per heavy atom. The van der Waals surface area contributed by atoms with E-state index < -0.39 is 0 Å². The summed E-state index contributed by atoms with van der Waals surface area (Å²) in [6, 6.07) is 15.1. The van der Waals surface area contributed by atoms with Crippen molar-refractivity contribution >= 4 is 35.0 Å². The van der Waals surface area contributed by atoms with Gasteiger partial charge in [-0.2, -0.15) is 5.10 Å². The summed E-state index contributed by atoms with van der Waals surface area (Å²) in [4.78, 5) is 12.2. The fourth-order valence-corrected chi connectivity index (χ4v) is 3.18. The third kappa shape index (κ3) is 5.29. The van der Waals surface area contributed by atoms with E-state index in [1.54, 1.807) is 7.11 Å². The van der Waals surface area contributed by atoms with Gasteiger partial charge in [0.1, 0.15) is 5.75 Å². The van der Waals surface area contributed by atoms with E-state index in [2.05, 4.69) is 26.0 Å². The zero-order valence-corrected chi connectivity index (χ0v) is 17.7. The standard InChI is InChI=1S/C20H23N7O2S/c1-13-7-4-5-10-17(13)22-18(28)12-30-20-26-25-19(27(20)21)24-23-14(2)15-8-6-9-16(11-15)29-3/h4-11H,12,21H2,1-3H3,(H,22,28)(H,24,25)/b23-14+. The lowest BCUT2D eigenvalue weighted by molar-refractivity contribution is -0.113. The van der Waals surface area contributed by atoms with Crippen molar-refractivity contribution in [2.45, 2.75) is 19.0 Å². The second-order valence-corrected chi connectivity index (χ2v) is 7.31. The van der Waals surface area contributed by atoms with Crippen molar-refractivity contribution in [3.8, 4) is 5.75 Å². The predicted molar refractivity (Wildman–Crippen MR) is 120 cm³/mol. The number of methoxy groups -OCH3 is 1. The number of ether oxygens (including phenoxy) is 1. The van der Waals surface area contributed by atoms with Gasteiger partial charge in [-0.25, -0.2) is 10.1 Å². The summed E-state index contributed by atoms with van der Waals surface area (Å²) in [5, 5.41) is 15.6. The molecule has 1 aromatic heterocycles. The number of amides is 1. The minimum absolute atomic E-state index is 0.149. The molecule has 0 aliphatic rings. The Bertz CT molecular complexity index is 1060. The van der Waals surface area contributed by atoms with E-state index in [0.29, 0.717) is 5.16 Å². The van der Waals surface area contributed by atoms with Crippen LogP contribution in [0.1, 0.15) is 18.1 Å². The number of nitrogens with two attached hydrogens (primary N) is 1. The number of nitrogens with one attached hydrogen (secondary N) is 2. The molecule has 2 aromatic carbocycles. The van der Waals surface area contributed by atoms with Gasteiger partial charge in [0.15, 0.2) is 0 Å². The Hall–Kier alpha value is -3.53. The first kappa shape index (κ1) is 21.2. The van der Waals surface area contributed by atoms with Crippen molar-refractivity contribution in [2.24, 2.45) is 5.10 Å². The van der Waals surface area contributed by atoms with Crippen molar-refractivity contribution in [3.05, 3.63) is 59.7 Å². The number of carbonyl (C=O) groups is 1. The van der Waals surface area contributed by atoms with Crippen molar-refractivity contribution in [1.82, 2.24) is 14.9 Å². The Balaban J connectivity index is 1.59. The van der Waals surface area contributed by atoms with Crippen LogP contribution >= 0.6 is 11.8 Å². The summed E-state index contributed by atoms with van der Waals surface area (Å²) in [5.41, 5.74) is 6.20. The Labute approximate surface area is 178 Å². The van der Waals surface area contributed by atoms with Crippen LogP contribution in [-0.4, -0.2) is 39.4 Å². The van der Waals surface area contributed by atoms with Gasteiger partial charge >= 0.3 is 0 Å². The van der Waals surface area contributed by atoms with E-state index in [1.807, 2.05) is 62.4 Å². The van der Waals surface area contributed by atoms with Gasteiger partial charge in [0.2, 0.25) is 11.1 Å². The number of thioether (sulfide) groups is 1. The van der Waals surface area contributed by atoms with Gasteiger partial charge < -0.3 is 15.9 Å². The Morgan fingerprint density at radius 1 is 1.23 bits per heavy atom. The van der Waals surface area contributed by atoms with E-state index in [4.69, 9.17) is 10.6 Å². The maximum Gasteiger partial charge on any atom is 0.264 e. The minimum atomic E-state index is -0.154. The maximum atomic E-state index is 12.2. The lowest BCUT2D eigenvalue weighted by atomic mass is 10.1. The number of nitrogen functional groups attached to an aromatic ring is 1. The van der Waals surface area contributed by atoms with Crippen molar-refractivity contribution in [2.75, 3.05) is 29.4 Å². The second kappa shape index (κ2) is 9.79. The molecule has 0 fully saturated rings. The van der Waals surface area contributed by atoms with Gasteiger partial charge in [-0.15, -0.1) is 10.2 Å². The molecule has 0 saturated heterocycles. The minimum Gasteiger partial charge on any atom is -0.497 e. The van der Waals surface area contributed by atoms with Crippen LogP contribution in [0.3, 0.4) is 0 Å². The number of aromatic nitrogens is 3. The van der Waals surface area contributed by atoms with Crippen LogP contribution in [0.2, 0.25) is 0 Å². The number of nitrogens with zero attached hydrogens (tertiary/aromatic N) is 4. The molecule has 10 heteroatoms. The van der Waals surface area contributed by atoms with Gasteiger partial charge in [0, 0.05) is 11.3 Å². The smallest absolute Gasteiger partial charge is 0.264 e. The highest BCUT2D eigenvalue weighted by Gasteiger charge is 2.13. The molecular formula is C20H23N7O2S. The largest absolute Gasteiger partial charge is 0.497 e. The van der Waals surface area contributed by atoms with E-state index in [-0.39, 0.29) is 17.6 Å². The van der Waals surface area contributed by atoms with Crippen LogP contribution in [0, 0.1) is 6.92 Å². The lowest BCUT2D eigenvalue weighted by Gasteiger charge is -2.08. The number of carbonyl (C=O) groups excluding carboxylic acids is 1. The topological polar surface area (TPSA) is 119 Å². The van der Waals surface area contributed by atoms with Gasteiger partial charge in [0.25, 0.3) is 5.95 Å².